The number of carbonyl (C=O) groups is 1. The lowest BCUT2D eigenvalue weighted by Crippen LogP contribution is -2.51. The summed E-state index contributed by atoms with van der Waals surface area (Å²) in [6.07, 6.45) is -0.332. The Labute approximate surface area is 155 Å². The van der Waals surface area contributed by atoms with Gasteiger partial charge in [-0.3, -0.25) is 4.79 Å². The molecule has 2 aromatic carbocycles. The fourth-order valence-corrected chi connectivity index (χ4v) is 3.39. The van der Waals surface area contributed by atoms with E-state index in [0.29, 0.717) is 43.9 Å². The summed E-state index contributed by atoms with van der Waals surface area (Å²) < 4.78 is 26.4. The first-order valence-corrected chi connectivity index (χ1v) is 8.88. The van der Waals surface area contributed by atoms with E-state index in [1.807, 2.05) is 0 Å². The van der Waals surface area contributed by atoms with Crippen LogP contribution >= 0.6 is 0 Å². The Morgan fingerprint density at radius 1 is 1.00 bits per heavy atom. The molecular weight excluding hydrogens is 352 g/mol. The van der Waals surface area contributed by atoms with Crippen molar-refractivity contribution in [3.8, 4) is 0 Å². The molecule has 1 saturated heterocycles. The molecule has 1 unspecified atom stereocenters. The molecule has 0 radical (unpaired) electrons. The number of rotatable bonds is 3. The number of anilines is 1. The maximum atomic E-state index is 13.4. The highest BCUT2D eigenvalue weighted by Gasteiger charge is 2.33. The normalized spacial score (nSPS) is 19.6. The van der Waals surface area contributed by atoms with Gasteiger partial charge < -0.3 is 14.6 Å². The topological polar surface area (TPSA) is 45.1 Å². The Balaban J connectivity index is 1.33. The number of amides is 1. The predicted octanol–water partition coefficient (Wildman–Crippen LogP) is 2.81. The number of carbonyl (C=O) groups excluding carboxylic acids is 1. The van der Waals surface area contributed by atoms with Crippen molar-refractivity contribution in [3.05, 3.63) is 65.7 Å². The van der Waals surface area contributed by atoms with Crippen LogP contribution in [0.2, 0.25) is 0 Å². The summed E-state index contributed by atoms with van der Waals surface area (Å²) in [5.41, 5.74) is 2.15. The molecule has 0 N–H and O–H groups in total. The van der Waals surface area contributed by atoms with Gasteiger partial charge in [-0.25, -0.2) is 8.78 Å². The van der Waals surface area contributed by atoms with Gasteiger partial charge in [-0.05, 0) is 36.4 Å². The van der Waals surface area contributed by atoms with Crippen molar-refractivity contribution in [1.29, 1.82) is 0 Å². The van der Waals surface area contributed by atoms with Crippen LogP contribution in [0.4, 0.5) is 14.5 Å². The van der Waals surface area contributed by atoms with Gasteiger partial charge in [-0.1, -0.05) is 17.3 Å². The predicted molar refractivity (Wildman–Crippen MR) is 97.6 cm³/mol. The van der Waals surface area contributed by atoms with Crippen molar-refractivity contribution in [3.63, 3.8) is 0 Å². The molecule has 1 atom stereocenters. The van der Waals surface area contributed by atoms with Crippen LogP contribution in [0.15, 0.2) is 53.7 Å². The van der Waals surface area contributed by atoms with E-state index < -0.39 is 6.10 Å². The van der Waals surface area contributed by atoms with Gasteiger partial charge in [-0.15, -0.1) is 0 Å². The van der Waals surface area contributed by atoms with E-state index in [0.717, 1.165) is 5.69 Å². The first kappa shape index (κ1) is 17.5. The molecule has 2 heterocycles. The third-order valence-electron chi connectivity index (χ3n) is 4.89. The monoisotopic (exact) mass is 371 g/mol. The van der Waals surface area contributed by atoms with Gasteiger partial charge in [0, 0.05) is 43.9 Å². The molecule has 1 amide bonds. The Morgan fingerprint density at radius 2 is 1.74 bits per heavy atom. The molecule has 7 heteroatoms. The minimum absolute atomic E-state index is 0.107. The molecule has 2 aliphatic heterocycles. The fraction of sp³-hybridized carbons (Fsp3) is 0.300. The number of hydrogen-bond acceptors (Lipinski definition) is 4. The number of hydrogen-bond donors (Lipinski definition) is 0. The molecule has 0 aliphatic carbocycles. The third-order valence-corrected chi connectivity index (χ3v) is 4.89. The van der Waals surface area contributed by atoms with Gasteiger partial charge in [0.25, 0.3) is 5.91 Å². The quantitative estimate of drug-likeness (QED) is 0.834. The van der Waals surface area contributed by atoms with E-state index in [2.05, 4.69) is 10.1 Å². The molecule has 140 valence electrons. The van der Waals surface area contributed by atoms with Gasteiger partial charge in [0.05, 0.1) is 5.71 Å². The smallest absolute Gasteiger partial charge is 0.267 e. The molecule has 2 aromatic rings. The first-order valence-electron chi connectivity index (χ1n) is 8.88. The summed E-state index contributed by atoms with van der Waals surface area (Å²) in [4.78, 5) is 21.9. The van der Waals surface area contributed by atoms with Crippen molar-refractivity contribution in [2.45, 2.75) is 12.5 Å². The lowest BCUT2D eigenvalue weighted by atomic mass is 10.0. The average Bonchev–Trinajstić information content (AvgIpc) is 3.18. The summed E-state index contributed by atoms with van der Waals surface area (Å²) in [5.74, 6) is -0.717. The number of halogens is 2. The van der Waals surface area contributed by atoms with Crippen LogP contribution < -0.4 is 4.90 Å². The van der Waals surface area contributed by atoms with Crippen LogP contribution in [0.3, 0.4) is 0 Å². The highest BCUT2D eigenvalue weighted by molar-refractivity contribution is 6.04. The van der Waals surface area contributed by atoms with E-state index in [1.54, 1.807) is 29.2 Å². The van der Waals surface area contributed by atoms with E-state index >= 15 is 0 Å². The second kappa shape index (κ2) is 7.34. The molecule has 5 nitrogen and oxygen atoms in total. The Morgan fingerprint density at radius 3 is 2.44 bits per heavy atom. The highest BCUT2D eigenvalue weighted by Crippen LogP contribution is 2.21. The van der Waals surface area contributed by atoms with Crippen molar-refractivity contribution in [1.82, 2.24) is 4.90 Å². The van der Waals surface area contributed by atoms with Crippen molar-refractivity contribution in [2.75, 3.05) is 31.1 Å². The fourth-order valence-electron chi connectivity index (χ4n) is 3.39. The molecule has 2 aliphatic rings. The number of benzene rings is 2. The van der Waals surface area contributed by atoms with Gasteiger partial charge in [0.15, 0.2) is 0 Å². The second-order valence-electron chi connectivity index (χ2n) is 6.64. The highest BCUT2D eigenvalue weighted by atomic mass is 19.1. The molecular formula is C20H19F2N3O2. The molecule has 0 spiro atoms. The SMILES string of the molecule is O=C(C1CC(c2cccc(F)c2)=NO1)N1CCN(c2ccc(F)cc2)CC1. The van der Waals surface area contributed by atoms with E-state index in [9.17, 15) is 13.6 Å². The van der Waals surface area contributed by atoms with E-state index in [4.69, 9.17) is 4.84 Å². The van der Waals surface area contributed by atoms with Crippen molar-refractivity contribution in [2.24, 2.45) is 5.16 Å². The minimum atomic E-state index is -0.666. The second-order valence-corrected chi connectivity index (χ2v) is 6.64. The molecule has 1 fully saturated rings. The van der Waals surface area contributed by atoms with Gasteiger partial charge >= 0.3 is 0 Å². The molecule has 0 saturated carbocycles. The van der Waals surface area contributed by atoms with Crippen LogP contribution in [-0.2, 0) is 9.63 Å². The maximum absolute atomic E-state index is 13.4. The lowest BCUT2D eigenvalue weighted by Gasteiger charge is -2.36. The summed E-state index contributed by atoms with van der Waals surface area (Å²) in [5, 5.41) is 3.97. The lowest BCUT2D eigenvalue weighted by molar-refractivity contribution is -0.142. The number of oxime groups is 1. The molecule has 0 aromatic heterocycles. The molecule has 27 heavy (non-hydrogen) atoms. The standard InChI is InChI=1S/C20H19F2N3O2/c21-15-4-6-17(7-5-15)24-8-10-25(11-9-24)20(26)19-13-18(23-27-19)14-2-1-3-16(22)12-14/h1-7,12,19H,8-11,13H2. The Kier molecular flexibility index (Phi) is 4.75. The van der Waals surface area contributed by atoms with Gasteiger partial charge in [0.2, 0.25) is 6.10 Å². The van der Waals surface area contributed by atoms with Crippen molar-refractivity contribution < 1.29 is 18.4 Å². The van der Waals surface area contributed by atoms with E-state index in [1.165, 1.54) is 24.3 Å². The molecule has 0 bridgehead atoms. The van der Waals surface area contributed by atoms with E-state index in [-0.39, 0.29) is 17.5 Å². The summed E-state index contributed by atoms with van der Waals surface area (Å²) in [6.45, 7) is 2.46. The van der Waals surface area contributed by atoms with Crippen LogP contribution in [0.1, 0.15) is 12.0 Å². The Hall–Kier alpha value is -2.96. The van der Waals surface area contributed by atoms with Crippen LogP contribution in [0.25, 0.3) is 0 Å². The summed E-state index contributed by atoms with van der Waals surface area (Å²) in [6, 6.07) is 12.5. The largest absolute Gasteiger partial charge is 0.382 e. The Bertz CT molecular complexity index is 862. The van der Waals surface area contributed by atoms with Crippen LogP contribution in [0.5, 0.6) is 0 Å². The first-order chi connectivity index (χ1) is 13.1. The van der Waals surface area contributed by atoms with Gasteiger partial charge in [-0.2, -0.15) is 0 Å². The summed E-state index contributed by atoms with van der Waals surface area (Å²) >= 11 is 0. The van der Waals surface area contributed by atoms with Crippen LogP contribution in [-0.4, -0.2) is 48.8 Å². The third kappa shape index (κ3) is 3.77. The average molecular weight is 371 g/mol. The summed E-state index contributed by atoms with van der Waals surface area (Å²) in [7, 11) is 0. The number of piperazine rings is 1. The zero-order valence-corrected chi connectivity index (χ0v) is 14.6. The van der Waals surface area contributed by atoms with Crippen LogP contribution in [0, 0.1) is 11.6 Å². The maximum Gasteiger partial charge on any atom is 0.267 e. The molecule has 4 rings (SSSR count). The number of nitrogens with zero attached hydrogens (tertiary/aromatic N) is 3. The zero-order valence-electron chi connectivity index (χ0n) is 14.6. The van der Waals surface area contributed by atoms with Gasteiger partial charge in [0.1, 0.15) is 11.6 Å². The zero-order chi connectivity index (χ0) is 18.8. The minimum Gasteiger partial charge on any atom is -0.382 e. The van der Waals surface area contributed by atoms with Crippen molar-refractivity contribution >= 4 is 17.3 Å².